The van der Waals surface area contributed by atoms with Gasteiger partial charge in [-0.05, 0) is 86.1 Å². The Morgan fingerprint density at radius 1 is 0.821 bits per heavy atom. The van der Waals surface area contributed by atoms with Crippen molar-refractivity contribution in [1.82, 2.24) is 41.4 Å². The van der Waals surface area contributed by atoms with E-state index in [-0.39, 0.29) is 106 Å². The third kappa shape index (κ3) is 19.0. The Hall–Kier alpha value is -9.00. The van der Waals surface area contributed by atoms with Crippen molar-refractivity contribution in [2.75, 3.05) is 50.0 Å². The number of carbonyl (C=O) groups excluding carboxylic acids is 10. The second kappa shape index (κ2) is 29.9. The minimum absolute atomic E-state index is 0.0107. The van der Waals surface area contributed by atoms with Crippen LogP contribution in [0.1, 0.15) is 92.8 Å². The monoisotopic (exact) mass is 1080 g/mol. The summed E-state index contributed by atoms with van der Waals surface area (Å²) in [7, 11) is 0. The lowest BCUT2D eigenvalue weighted by Gasteiger charge is -2.25. The molecule has 2 aromatic carbocycles. The van der Waals surface area contributed by atoms with Gasteiger partial charge in [0.25, 0.3) is 17.7 Å². The van der Waals surface area contributed by atoms with E-state index in [0.29, 0.717) is 65.1 Å². The molecule has 0 saturated carbocycles. The lowest BCUT2D eigenvalue weighted by molar-refractivity contribution is -0.137. The zero-order chi connectivity index (χ0) is 56.7. The van der Waals surface area contributed by atoms with Gasteiger partial charge in [0.15, 0.2) is 0 Å². The lowest BCUT2D eigenvalue weighted by Crippen LogP contribution is -2.54. The fourth-order valence-corrected chi connectivity index (χ4v) is 7.99. The van der Waals surface area contributed by atoms with Crippen LogP contribution in [0, 0.1) is 5.92 Å². The number of aliphatic hydroxyl groups is 1. The largest absolute Gasteiger partial charge is 0.445 e. The van der Waals surface area contributed by atoms with Crippen LogP contribution in [0.25, 0.3) is 6.08 Å². The number of hydrogen-bond donors (Lipinski definition) is 10. The number of urea groups is 1. The smallest absolute Gasteiger partial charge is 0.407 e. The molecule has 0 bridgehead atoms. The van der Waals surface area contributed by atoms with Gasteiger partial charge >= 0.3 is 12.1 Å². The Kier molecular flexibility index (Phi) is 23.0. The van der Waals surface area contributed by atoms with Crippen molar-refractivity contribution in [2.45, 2.75) is 91.0 Å². The van der Waals surface area contributed by atoms with Crippen molar-refractivity contribution in [3.63, 3.8) is 0 Å². The summed E-state index contributed by atoms with van der Waals surface area (Å²) in [5.41, 5.74) is 14.8. The molecular formula is C53H67N13O12. The van der Waals surface area contributed by atoms with E-state index < -0.39 is 54.4 Å². The zero-order valence-corrected chi connectivity index (χ0v) is 43.7. The van der Waals surface area contributed by atoms with Crippen LogP contribution < -0.4 is 48.7 Å². The van der Waals surface area contributed by atoms with Crippen LogP contribution >= 0.6 is 0 Å². The van der Waals surface area contributed by atoms with Gasteiger partial charge in [-0.1, -0.05) is 38.5 Å². The van der Waals surface area contributed by atoms with E-state index >= 15 is 0 Å². The van der Waals surface area contributed by atoms with Gasteiger partial charge < -0.3 is 63.4 Å². The number of amides is 11. The first-order valence-electron chi connectivity index (χ1n) is 25.4. The van der Waals surface area contributed by atoms with Crippen molar-refractivity contribution < 1.29 is 57.8 Å². The number of aliphatic imine (C=N–C) groups is 1. The number of anilines is 2. The number of alkyl carbamates (subject to hydrolysis) is 1. The third-order valence-corrected chi connectivity index (χ3v) is 12.2. The molecule has 0 unspecified atom stereocenters. The van der Waals surface area contributed by atoms with E-state index in [4.69, 9.17) is 16.2 Å². The Morgan fingerprint density at radius 2 is 1.56 bits per heavy atom. The lowest BCUT2D eigenvalue weighted by atomic mass is 10.0. The Morgan fingerprint density at radius 3 is 2.26 bits per heavy atom. The average Bonchev–Trinajstić information content (AvgIpc) is 3.62. The minimum Gasteiger partial charge on any atom is -0.445 e. The van der Waals surface area contributed by atoms with Crippen molar-refractivity contribution in [2.24, 2.45) is 22.4 Å². The SMILES string of the molecule is CCN(CCO)C(=O)C1=Cc2ccc(C(=O)Nc3cncc(CNC(=O)CNC(=O)OCc4ccc(NC(=O)[C@H](CCCNC(N)=O)NC(=O)[C@@H](NC(=O)CCCCCN5C(=O)C=CC5=O)C(C)C)cc4)c3)cc2N=C(N)C1. The highest BCUT2D eigenvalue weighted by molar-refractivity contribution is 6.13. The van der Waals surface area contributed by atoms with Crippen LogP contribution in [-0.4, -0.2) is 137 Å². The van der Waals surface area contributed by atoms with Gasteiger partial charge in [0.05, 0.1) is 24.2 Å². The first-order valence-corrected chi connectivity index (χ1v) is 25.4. The number of nitrogens with two attached hydrogens (primary N) is 2. The zero-order valence-electron chi connectivity index (χ0n) is 43.7. The van der Waals surface area contributed by atoms with Crippen LogP contribution in [0.3, 0.4) is 0 Å². The van der Waals surface area contributed by atoms with Crippen molar-refractivity contribution in [1.29, 1.82) is 0 Å². The number of rotatable bonds is 28. The van der Waals surface area contributed by atoms with Crippen molar-refractivity contribution in [3.8, 4) is 0 Å². The number of primary amides is 1. The molecule has 25 heteroatoms. The quantitative estimate of drug-likeness (QED) is 0.0367. The number of likely N-dealkylation sites (N-methyl/N-ethyl adjacent to an activating group) is 1. The molecule has 78 heavy (non-hydrogen) atoms. The number of hydrogen-bond acceptors (Lipinski definition) is 15. The molecule has 25 nitrogen and oxygen atoms in total. The van der Waals surface area contributed by atoms with Crippen LogP contribution in [0.15, 0.2) is 83.6 Å². The molecule has 1 aromatic heterocycles. The summed E-state index contributed by atoms with van der Waals surface area (Å²) in [5, 5.41) is 27.8. The van der Waals surface area contributed by atoms with Crippen LogP contribution in [0.2, 0.25) is 0 Å². The number of ether oxygens (including phenoxy) is 1. The van der Waals surface area contributed by atoms with Gasteiger partial charge in [0.1, 0.15) is 31.1 Å². The van der Waals surface area contributed by atoms with E-state index in [0.717, 1.165) is 4.90 Å². The molecule has 3 aromatic rings. The number of fused-ring (bicyclic) bond motifs is 1. The number of benzene rings is 2. The summed E-state index contributed by atoms with van der Waals surface area (Å²) in [4.78, 5) is 138. The number of aromatic nitrogens is 1. The fraction of sp³-hybridized carbons (Fsp3) is 0.396. The second-order valence-electron chi connectivity index (χ2n) is 18.5. The van der Waals surface area contributed by atoms with Gasteiger partial charge in [0, 0.05) is 86.3 Å². The molecule has 0 spiro atoms. The summed E-state index contributed by atoms with van der Waals surface area (Å²) in [6.07, 6.45) is 8.23. The van der Waals surface area contributed by atoms with E-state index in [1.165, 1.54) is 29.4 Å². The number of amidine groups is 1. The highest BCUT2D eigenvalue weighted by Crippen LogP contribution is 2.29. The molecular weight excluding hydrogens is 1010 g/mol. The van der Waals surface area contributed by atoms with Gasteiger partial charge in [-0.2, -0.15) is 0 Å². The molecule has 416 valence electrons. The molecule has 0 radical (unpaired) electrons. The maximum Gasteiger partial charge on any atom is 0.407 e. The first-order chi connectivity index (χ1) is 37.3. The molecule has 2 aliphatic rings. The van der Waals surface area contributed by atoms with Gasteiger partial charge in [0.2, 0.25) is 29.5 Å². The Bertz CT molecular complexity index is 2780. The summed E-state index contributed by atoms with van der Waals surface area (Å²) < 4.78 is 5.26. The van der Waals surface area contributed by atoms with E-state index in [2.05, 4.69) is 47.2 Å². The molecule has 3 heterocycles. The number of imide groups is 1. The fourth-order valence-electron chi connectivity index (χ4n) is 7.99. The maximum atomic E-state index is 13.6. The van der Waals surface area contributed by atoms with E-state index in [9.17, 15) is 53.1 Å². The topological polar surface area (TPSA) is 368 Å². The Balaban J connectivity index is 1.04. The third-order valence-electron chi connectivity index (χ3n) is 12.2. The minimum atomic E-state index is -1.09. The average molecular weight is 1080 g/mol. The van der Waals surface area contributed by atoms with Gasteiger partial charge in [-0.3, -0.25) is 48.2 Å². The highest BCUT2D eigenvalue weighted by Gasteiger charge is 2.29. The van der Waals surface area contributed by atoms with Crippen molar-refractivity contribution >= 4 is 88.4 Å². The summed E-state index contributed by atoms with van der Waals surface area (Å²) in [5.74, 6) is -3.76. The van der Waals surface area contributed by atoms with Gasteiger partial charge in [-0.25, -0.2) is 14.6 Å². The summed E-state index contributed by atoms with van der Waals surface area (Å²) in [6, 6.07) is 9.89. The molecule has 12 N–H and O–H groups in total. The normalized spacial score (nSPS) is 13.4. The highest BCUT2D eigenvalue weighted by atomic mass is 16.5. The Labute approximate surface area is 450 Å². The maximum absolute atomic E-state index is 13.6. The van der Waals surface area contributed by atoms with E-state index in [1.807, 2.05) is 6.92 Å². The predicted octanol–water partition coefficient (Wildman–Crippen LogP) is 1.99. The number of nitrogens with one attached hydrogen (secondary N) is 7. The molecule has 5 rings (SSSR count). The number of unbranched alkanes of at least 4 members (excludes halogenated alkanes) is 2. The van der Waals surface area contributed by atoms with Gasteiger partial charge in [-0.15, -0.1) is 0 Å². The summed E-state index contributed by atoms with van der Waals surface area (Å²) >= 11 is 0. The van der Waals surface area contributed by atoms with Crippen LogP contribution in [-0.2, 0) is 51.5 Å². The van der Waals surface area contributed by atoms with Crippen molar-refractivity contribution in [3.05, 3.63) is 101 Å². The predicted molar refractivity (Wildman–Crippen MR) is 287 cm³/mol. The standard InChI is InChI=1S/C53H67N13O12/c1-4-65(21-22-67)51(75)37-24-35-13-14-36(25-41(35)62-42(54)26-37)48(72)61-39-23-34(27-56-29-39)28-58-44(69)30-59-53(77)78-31-33-11-15-38(16-12-33)60-49(73)40(9-8-19-57-52(55)76)63-50(74)47(32(2)3)64-43(68)10-6-5-7-20-66-45(70)17-18-46(66)71/h11-18,23-25,27,29,32,40,47,67H,4-10,19-22,26,28,30-31H2,1-3H3,(H2,54,62)(H,58,69)(H,59,77)(H,60,73)(H,61,72)(H,63,74)(H,64,68)(H3,55,57,76)/t40-,47-/m0/s1. The molecule has 0 fully saturated rings. The number of nitrogens with zero attached hydrogens (tertiary/aromatic N) is 4. The second-order valence-corrected chi connectivity index (χ2v) is 18.5. The number of carbonyl (C=O) groups is 10. The molecule has 11 amide bonds. The van der Waals surface area contributed by atoms with E-state index in [1.54, 1.807) is 68.5 Å². The summed E-state index contributed by atoms with van der Waals surface area (Å²) in [6.45, 7) is 5.46. The molecule has 2 atom stereocenters. The molecule has 2 aliphatic heterocycles. The first kappa shape index (κ1) is 59.9. The number of aliphatic hydroxyl groups excluding tert-OH is 1. The molecule has 0 aliphatic carbocycles. The van der Waals surface area contributed by atoms with Crippen LogP contribution in [0.4, 0.5) is 26.7 Å². The van der Waals surface area contributed by atoms with Crippen LogP contribution in [0.5, 0.6) is 0 Å². The number of pyridine rings is 1. The molecule has 0 saturated heterocycles.